The van der Waals surface area contributed by atoms with E-state index in [4.69, 9.17) is 23.2 Å². The van der Waals surface area contributed by atoms with Crippen LogP contribution in [0.4, 0.5) is 11.5 Å². The molecule has 2 aromatic rings. The van der Waals surface area contributed by atoms with Crippen LogP contribution >= 0.6 is 23.2 Å². The molecule has 0 aliphatic carbocycles. The number of nitrogens with one attached hydrogen (secondary N) is 2. The summed E-state index contributed by atoms with van der Waals surface area (Å²) in [5.41, 5.74) is 0.905. The van der Waals surface area contributed by atoms with Crippen LogP contribution in [0.15, 0.2) is 30.3 Å². The van der Waals surface area contributed by atoms with Crippen molar-refractivity contribution in [3.63, 3.8) is 0 Å². The third kappa shape index (κ3) is 4.32. The monoisotopic (exact) mass is 338 g/mol. The molecule has 1 heterocycles. The van der Waals surface area contributed by atoms with Crippen molar-refractivity contribution in [1.29, 1.82) is 0 Å². The first kappa shape index (κ1) is 16.5. The molecule has 0 aliphatic rings. The van der Waals surface area contributed by atoms with Crippen LogP contribution in [0.5, 0.6) is 0 Å². The molecule has 22 heavy (non-hydrogen) atoms. The molecule has 0 bridgehead atoms. The van der Waals surface area contributed by atoms with Crippen molar-refractivity contribution in [2.45, 2.75) is 19.8 Å². The summed E-state index contributed by atoms with van der Waals surface area (Å²) in [5.74, 6) is 0.252. The number of benzene rings is 1. The van der Waals surface area contributed by atoms with Crippen LogP contribution in [0, 0.1) is 0 Å². The van der Waals surface area contributed by atoms with Crippen LogP contribution in [0.25, 0.3) is 0 Å². The normalized spacial score (nSPS) is 10.3. The maximum absolute atomic E-state index is 11.8. The van der Waals surface area contributed by atoms with Crippen molar-refractivity contribution in [3.8, 4) is 0 Å². The van der Waals surface area contributed by atoms with E-state index in [9.17, 15) is 4.79 Å². The van der Waals surface area contributed by atoms with Gasteiger partial charge in [0, 0.05) is 6.54 Å². The molecular weight excluding hydrogens is 323 g/mol. The zero-order valence-electron chi connectivity index (χ0n) is 12.1. The average Bonchev–Trinajstić information content (AvgIpc) is 2.53. The molecule has 0 spiro atoms. The summed E-state index contributed by atoms with van der Waals surface area (Å²) in [6.45, 7) is 2.70. The molecule has 0 saturated heterocycles. The van der Waals surface area contributed by atoms with Crippen molar-refractivity contribution < 1.29 is 4.79 Å². The van der Waals surface area contributed by atoms with Crippen LogP contribution in [-0.2, 0) is 0 Å². The number of anilines is 2. The third-order valence-electron chi connectivity index (χ3n) is 2.93. The maximum Gasteiger partial charge on any atom is 0.271 e. The Bertz CT molecular complexity index is 646. The van der Waals surface area contributed by atoms with Crippen LogP contribution in [-0.4, -0.2) is 22.6 Å². The first-order valence-electron chi connectivity index (χ1n) is 6.94. The molecule has 1 aromatic carbocycles. The molecule has 0 saturated carbocycles. The van der Waals surface area contributed by atoms with E-state index in [0.29, 0.717) is 28.1 Å². The van der Waals surface area contributed by atoms with Crippen LogP contribution in [0.2, 0.25) is 10.0 Å². The van der Waals surface area contributed by atoms with Gasteiger partial charge in [0.1, 0.15) is 0 Å². The molecule has 0 radical (unpaired) electrons. The summed E-state index contributed by atoms with van der Waals surface area (Å²) >= 11 is 12.0. The minimum Gasteiger partial charge on any atom is -0.351 e. The number of rotatable bonds is 6. The van der Waals surface area contributed by atoms with E-state index in [2.05, 4.69) is 27.8 Å². The quantitative estimate of drug-likeness (QED) is 0.779. The average molecular weight is 339 g/mol. The lowest BCUT2D eigenvalue weighted by atomic mass is 10.3. The van der Waals surface area contributed by atoms with Gasteiger partial charge in [-0.05, 0) is 30.7 Å². The van der Waals surface area contributed by atoms with Gasteiger partial charge in [0.25, 0.3) is 5.91 Å². The fourth-order valence-corrected chi connectivity index (χ4v) is 2.08. The Kier molecular flexibility index (Phi) is 5.98. The number of carbonyl (C=O) groups excluding carboxylic acids is 1. The Morgan fingerprint density at radius 3 is 2.68 bits per heavy atom. The molecule has 1 aromatic heterocycles. The van der Waals surface area contributed by atoms with Gasteiger partial charge < -0.3 is 10.6 Å². The van der Waals surface area contributed by atoms with Crippen molar-refractivity contribution in [1.82, 2.24) is 15.5 Å². The van der Waals surface area contributed by atoms with E-state index in [1.54, 1.807) is 30.3 Å². The van der Waals surface area contributed by atoms with E-state index < -0.39 is 0 Å². The second kappa shape index (κ2) is 7.96. The number of hydrogen-bond acceptors (Lipinski definition) is 4. The summed E-state index contributed by atoms with van der Waals surface area (Å²) in [7, 11) is 0. The lowest BCUT2D eigenvalue weighted by Gasteiger charge is -2.08. The molecule has 116 valence electrons. The predicted octanol–water partition coefficient (Wildman–Crippen LogP) is 4.06. The molecule has 0 unspecified atom stereocenters. The second-order valence-corrected chi connectivity index (χ2v) is 5.42. The van der Waals surface area contributed by atoms with E-state index in [1.807, 2.05) is 0 Å². The van der Waals surface area contributed by atoms with Crippen LogP contribution in [0.3, 0.4) is 0 Å². The second-order valence-electron chi connectivity index (χ2n) is 4.64. The molecule has 7 heteroatoms. The first-order chi connectivity index (χ1) is 10.6. The van der Waals surface area contributed by atoms with Crippen molar-refractivity contribution in [3.05, 3.63) is 46.1 Å². The van der Waals surface area contributed by atoms with E-state index in [1.165, 1.54) is 0 Å². The number of carbonyl (C=O) groups is 1. The molecule has 2 rings (SSSR count). The lowest BCUT2D eigenvalue weighted by molar-refractivity contribution is 0.0947. The van der Waals surface area contributed by atoms with Gasteiger partial charge in [-0.25, -0.2) is 0 Å². The lowest BCUT2D eigenvalue weighted by Crippen LogP contribution is -2.25. The van der Waals surface area contributed by atoms with E-state index >= 15 is 0 Å². The zero-order chi connectivity index (χ0) is 15.9. The van der Waals surface area contributed by atoms with Crippen molar-refractivity contribution >= 4 is 40.6 Å². The Labute approximate surface area is 139 Å². The molecule has 1 amide bonds. The highest BCUT2D eigenvalue weighted by atomic mass is 35.5. The SMILES string of the molecule is CCCCNC(=O)c1ccc(Nc2cccc(Cl)c2Cl)nn1. The fourth-order valence-electron chi connectivity index (χ4n) is 1.73. The van der Waals surface area contributed by atoms with Gasteiger partial charge in [-0.1, -0.05) is 42.6 Å². The van der Waals surface area contributed by atoms with Crippen LogP contribution in [0.1, 0.15) is 30.3 Å². The minimum atomic E-state index is -0.228. The first-order valence-corrected chi connectivity index (χ1v) is 7.70. The Morgan fingerprint density at radius 2 is 2.00 bits per heavy atom. The molecule has 0 atom stereocenters. The number of unbranched alkanes of at least 4 members (excludes halogenated alkanes) is 1. The number of aromatic nitrogens is 2. The molecule has 2 N–H and O–H groups in total. The molecular formula is C15H16Cl2N4O. The summed E-state index contributed by atoms with van der Waals surface area (Å²) in [6.07, 6.45) is 1.96. The highest BCUT2D eigenvalue weighted by Crippen LogP contribution is 2.31. The predicted molar refractivity (Wildman–Crippen MR) is 89.0 cm³/mol. The van der Waals surface area contributed by atoms with Gasteiger partial charge >= 0.3 is 0 Å². The number of hydrogen-bond donors (Lipinski definition) is 2. The highest BCUT2D eigenvalue weighted by Gasteiger charge is 2.09. The number of halogens is 2. The Hall–Kier alpha value is -1.85. The van der Waals surface area contributed by atoms with Gasteiger partial charge in [-0.2, -0.15) is 0 Å². The summed E-state index contributed by atoms with van der Waals surface area (Å²) in [5, 5.41) is 14.5. The molecule has 0 fully saturated rings. The minimum absolute atomic E-state index is 0.228. The van der Waals surface area contributed by atoms with Crippen LogP contribution < -0.4 is 10.6 Å². The van der Waals surface area contributed by atoms with Crippen molar-refractivity contribution in [2.24, 2.45) is 0 Å². The van der Waals surface area contributed by atoms with E-state index in [-0.39, 0.29) is 11.6 Å². The number of nitrogens with zero attached hydrogens (tertiary/aromatic N) is 2. The van der Waals surface area contributed by atoms with Gasteiger partial charge in [0.15, 0.2) is 11.5 Å². The van der Waals surface area contributed by atoms with Gasteiger partial charge in [0.05, 0.1) is 15.7 Å². The summed E-state index contributed by atoms with van der Waals surface area (Å²) in [6, 6.07) is 8.53. The molecule has 5 nitrogen and oxygen atoms in total. The smallest absolute Gasteiger partial charge is 0.271 e. The number of amides is 1. The van der Waals surface area contributed by atoms with Crippen molar-refractivity contribution in [2.75, 3.05) is 11.9 Å². The van der Waals surface area contributed by atoms with Gasteiger partial charge in [-0.3, -0.25) is 4.79 Å². The maximum atomic E-state index is 11.8. The molecule has 0 aliphatic heterocycles. The summed E-state index contributed by atoms with van der Waals surface area (Å²) < 4.78 is 0. The van der Waals surface area contributed by atoms with E-state index in [0.717, 1.165) is 12.8 Å². The topological polar surface area (TPSA) is 66.9 Å². The van der Waals surface area contributed by atoms with Gasteiger partial charge in [-0.15, -0.1) is 10.2 Å². The Balaban J connectivity index is 2.03. The zero-order valence-corrected chi connectivity index (χ0v) is 13.6. The third-order valence-corrected chi connectivity index (χ3v) is 3.75. The largest absolute Gasteiger partial charge is 0.351 e. The summed E-state index contributed by atoms with van der Waals surface area (Å²) in [4.78, 5) is 11.8. The standard InChI is InChI=1S/C15H16Cl2N4O/c1-2-3-9-18-15(22)12-7-8-13(21-20-12)19-11-6-4-5-10(16)14(11)17/h4-8H,2-3,9H2,1H3,(H,18,22)(H,19,21). The Morgan fingerprint density at radius 1 is 1.18 bits per heavy atom. The fraction of sp³-hybridized carbons (Fsp3) is 0.267. The highest BCUT2D eigenvalue weighted by molar-refractivity contribution is 6.43. The van der Waals surface area contributed by atoms with Gasteiger partial charge in [0.2, 0.25) is 0 Å².